The van der Waals surface area contributed by atoms with Crippen molar-refractivity contribution in [2.75, 3.05) is 17.2 Å². The van der Waals surface area contributed by atoms with Crippen LogP contribution in [0.1, 0.15) is 25.1 Å². The number of carbonyl (C=O) groups excluding carboxylic acids is 1. The Morgan fingerprint density at radius 1 is 1.04 bits per heavy atom. The van der Waals surface area contributed by atoms with Crippen LogP contribution in [-0.4, -0.2) is 27.7 Å². The Kier molecular flexibility index (Phi) is 6.01. The lowest BCUT2D eigenvalue weighted by Crippen LogP contribution is -2.18. The van der Waals surface area contributed by atoms with Crippen molar-refractivity contribution in [3.63, 3.8) is 0 Å². The lowest BCUT2D eigenvalue weighted by Gasteiger charge is -2.07. The summed E-state index contributed by atoms with van der Waals surface area (Å²) in [5.41, 5.74) is 2.36. The van der Waals surface area contributed by atoms with E-state index in [4.69, 9.17) is 4.74 Å². The molecule has 2 aromatic carbocycles. The second-order valence-corrected chi connectivity index (χ2v) is 6.09. The van der Waals surface area contributed by atoms with Gasteiger partial charge in [0.1, 0.15) is 11.4 Å². The van der Waals surface area contributed by atoms with Crippen LogP contribution in [0.5, 0.6) is 5.75 Å². The van der Waals surface area contributed by atoms with E-state index in [2.05, 4.69) is 25.8 Å². The van der Waals surface area contributed by atoms with Gasteiger partial charge in [-0.2, -0.15) is 0 Å². The molecule has 3 N–H and O–H groups in total. The molecule has 0 radical (unpaired) electrons. The molecule has 8 heteroatoms. The number of ether oxygens (including phenoxy) is 1. The predicted molar refractivity (Wildman–Crippen MR) is 107 cm³/mol. The van der Waals surface area contributed by atoms with E-state index in [1.807, 2.05) is 31.2 Å². The number of nitrogens with one attached hydrogen (secondary N) is 3. The van der Waals surface area contributed by atoms with Gasteiger partial charge >= 0.3 is 0 Å². The van der Waals surface area contributed by atoms with E-state index in [0.29, 0.717) is 30.1 Å². The van der Waals surface area contributed by atoms with E-state index in [9.17, 15) is 9.59 Å². The van der Waals surface area contributed by atoms with E-state index < -0.39 is 0 Å². The van der Waals surface area contributed by atoms with Crippen molar-refractivity contribution in [3.05, 3.63) is 70.1 Å². The Balaban J connectivity index is 1.66. The van der Waals surface area contributed by atoms with E-state index >= 15 is 0 Å². The average Bonchev–Trinajstić information content (AvgIpc) is 2.67. The third-order valence-corrected chi connectivity index (χ3v) is 3.84. The number of rotatable bonds is 7. The van der Waals surface area contributed by atoms with Gasteiger partial charge in [0.2, 0.25) is 11.9 Å². The normalized spacial score (nSPS) is 10.4. The fourth-order valence-corrected chi connectivity index (χ4v) is 2.57. The lowest BCUT2D eigenvalue weighted by molar-refractivity contribution is -0.114. The highest BCUT2D eigenvalue weighted by Crippen LogP contribution is 2.16. The van der Waals surface area contributed by atoms with Crippen LogP contribution in [0.25, 0.3) is 0 Å². The van der Waals surface area contributed by atoms with Crippen molar-refractivity contribution in [1.82, 2.24) is 15.2 Å². The van der Waals surface area contributed by atoms with Gasteiger partial charge in [-0.3, -0.25) is 14.6 Å². The van der Waals surface area contributed by atoms with Crippen molar-refractivity contribution in [3.8, 4) is 5.75 Å². The van der Waals surface area contributed by atoms with Gasteiger partial charge in [-0.25, -0.2) is 0 Å². The van der Waals surface area contributed by atoms with Crippen molar-refractivity contribution in [1.29, 1.82) is 0 Å². The quantitative estimate of drug-likeness (QED) is 0.582. The number of H-pyrrole nitrogens is 1. The van der Waals surface area contributed by atoms with Gasteiger partial charge in [-0.1, -0.05) is 12.1 Å². The first-order valence-electron chi connectivity index (χ1n) is 8.86. The highest BCUT2D eigenvalue weighted by atomic mass is 16.5. The smallest absolute Gasteiger partial charge is 0.274 e. The molecular weight excluding hydrogens is 358 g/mol. The molecule has 0 saturated carbocycles. The van der Waals surface area contributed by atoms with Crippen LogP contribution in [0.2, 0.25) is 0 Å². The maximum absolute atomic E-state index is 12.3. The summed E-state index contributed by atoms with van der Waals surface area (Å²) in [6.07, 6.45) is 0.375. The Morgan fingerprint density at radius 2 is 1.71 bits per heavy atom. The van der Waals surface area contributed by atoms with Gasteiger partial charge in [0.25, 0.3) is 5.56 Å². The first-order chi connectivity index (χ1) is 13.5. The highest BCUT2D eigenvalue weighted by molar-refractivity contribution is 5.88. The third-order valence-electron chi connectivity index (χ3n) is 3.84. The number of aromatic nitrogens is 3. The summed E-state index contributed by atoms with van der Waals surface area (Å²) in [6, 6.07) is 14.5. The molecule has 0 aliphatic heterocycles. The summed E-state index contributed by atoms with van der Waals surface area (Å²) < 4.78 is 5.41. The second kappa shape index (κ2) is 8.81. The molecule has 0 aliphatic rings. The monoisotopic (exact) mass is 379 g/mol. The number of anilines is 3. The molecule has 0 unspecified atom stereocenters. The molecule has 0 spiro atoms. The standard InChI is InChI=1S/C20H21N5O3/c1-3-28-17-10-4-14(5-11-17)12-18-19(27)23-20(25-24-18)22-16-8-6-15(7-9-16)21-13(2)26/h4-11H,3,12H2,1-2H3,(H,21,26)(H2,22,23,25,27). The van der Waals surface area contributed by atoms with Crippen molar-refractivity contribution in [2.45, 2.75) is 20.3 Å². The number of benzene rings is 2. The van der Waals surface area contributed by atoms with E-state index in [-0.39, 0.29) is 17.4 Å². The van der Waals surface area contributed by atoms with Gasteiger partial charge in [0.05, 0.1) is 6.61 Å². The minimum Gasteiger partial charge on any atom is -0.494 e. The van der Waals surface area contributed by atoms with Crippen LogP contribution >= 0.6 is 0 Å². The van der Waals surface area contributed by atoms with Crippen LogP contribution in [0.3, 0.4) is 0 Å². The molecule has 1 heterocycles. The number of carbonyl (C=O) groups is 1. The van der Waals surface area contributed by atoms with Crippen molar-refractivity contribution < 1.29 is 9.53 Å². The summed E-state index contributed by atoms with van der Waals surface area (Å²) in [6.45, 7) is 3.98. The first kappa shape index (κ1) is 19.1. The lowest BCUT2D eigenvalue weighted by atomic mass is 10.1. The largest absolute Gasteiger partial charge is 0.494 e. The van der Waals surface area contributed by atoms with Crippen LogP contribution < -0.4 is 20.9 Å². The Morgan fingerprint density at radius 3 is 2.32 bits per heavy atom. The predicted octanol–water partition coefficient (Wildman–Crippen LogP) is 2.86. The summed E-state index contributed by atoms with van der Waals surface area (Å²) in [7, 11) is 0. The molecule has 8 nitrogen and oxygen atoms in total. The molecule has 1 amide bonds. The molecule has 0 saturated heterocycles. The number of hydrogen-bond donors (Lipinski definition) is 3. The number of nitrogens with zero attached hydrogens (tertiary/aromatic N) is 2. The molecule has 3 rings (SSSR count). The zero-order valence-corrected chi connectivity index (χ0v) is 15.7. The molecule has 0 bridgehead atoms. The SMILES string of the molecule is CCOc1ccc(Cc2nnc(Nc3ccc(NC(C)=O)cc3)[nH]c2=O)cc1. The Hall–Kier alpha value is -3.68. The maximum Gasteiger partial charge on any atom is 0.274 e. The molecule has 144 valence electrons. The fourth-order valence-electron chi connectivity index (χ4n) is 2.57. The number of hydrogen-bond acceptors (Lipinski definition) is 6. The summed E-state index contributed by atoms with van der Waals surface area (Å²) >= 11 is 0. The van der Waals surface area contributed by atoms with Crippen LogP contribution in [-0.2, 0) is 11.2 Å². The average molecular weight is 379 g/mol. The minimum absolute atomic E-state index is 0.140. The first-order valence-corrected chi connectivity index (χ1v) is 8.86. The number of amides is 1. The molecule has 28 heavy (non-hydrogen) atoms. The zero-order valence-electron chi connectivity index (χ0n) is 15.7. The van der Waals surface area contributed by atoms with Gasteiger partial charge in [0, 0.05) is 24.7 Å². The molecule has 1 aromatic heterocycles. The fraction of sp³-hybridized carbons (Fsp3) is 0.200. The van der Waals surface area contributed by atoms with Crippen molar-refractivity contribution >= 4 is 23.2 Å². The van der Waals surface area contributed by atoms with E-state index in [0.717, 1.165) is 11.3 Å². The van der Waals surface area contributed by atoms with E-state index in [1.165, 1.54) is 6.92 Å². The maximum atomic E-state index is 12.3. The van der Waals surface area contributed by atoms with Crippen LogP contribution in [0, 0.1) is 0 Å². The zero-order chi connectivity index (χ0) is 19.9. The van der Waals surface area contributed by atoms with Gasteiger partial charge < -0.3 is 15.4 Å². The highest BCUT2D eigenvalue weighted by Gasteiger charge is 2.07. The molecule has 0 fully saturated rings. The second-order valence-electron chi connectivity index (χ2n) is 6.09. The minimum atomic E-state index is -0.304. The van der Waals surface area contributed by atoms with Crippen LogP contribution in [0.15, 0.2) is 53.3 Å². The summed E-state index contributed by atoms with van der Waals surface area (Å²) in [5, 5.41) is 13.7. The van der Waals surface area contributed by atoms with Gasteiger partial charge in [-0.05, 0) is 48.9 Å². The molecular formula is C20H21N5O3. The summed E-state index contributed by atoms with van der Waals surface area (Å²) in [4.78, 5) is 26.0. The summed E-state index contributed by atoms with van der Waals surface area (Å²) in [5.74, 6) is 0.891. The third kappa shape index (κ3) is 5.16. The number of aromatic amines is 1. The molecule has 0 atom stereocenters. The Bertz CT molecular complexity index is 998. The molecule has 0 aliphatic carbocycles. The van der Waals surface area contributed by atoms with Gasteiger partial charge in [-0.15, -0.1) is 10.2 Å². The topological polar surface area (TPSA) is 109 Å². The Labute approximate surface area is 162 Å². The molecule has 3 aromatic rings. The van der Waals surface area contributed by atoms with Gasteiger partial charge in [0.15, 0.2) is 0 Å². The van der Waals surface area contributed by atoms with Crippen molar-refractivity contribution in [2.24, 2.45) is 0 Å². The van der Waals surface area contributed by atoms with Crippen LogP contribution in [0.4, 0.5) is 17.3 Å². The van der Waals surface area contributed by atoms with E-state index in [1.54, 1.807) is 24.3 Å².